The number of fused-ring (bicyclic) bond motifs is 1. The Labute approximate surface area is 82.8 Å². The highest BCUT2D eigenvalue weighted by Crippen LogP contribution is 2.38. The second kappa shape index (κ2) is 3.38. The van der Waals surface area contributed by atoms with E-state index in [0.717, 1.165) is 17.7 Å². The van der Waals surface area contributed by atoms with Gasteiger partial charge in [0.25, 0.3) is 0 Å². The van der Waals surface area contributed by atoms with Gasteiger partial charge in [0.1, 0.15) is 11.5 Å². The Balaban J connectivity index is 2.51. The summed E-state index contributed by atoms with van der Waals surface area (Å²) >= 11 is 0. The molecule has 0 bridgehead atoms. The minimum Gasteiger partial charge on any atom is -0.497 e. The summed E-state index contributed by atoms with van der Waals surface area (Å²) in [6.07, 6.45) is 0.809. The average molecular weight is 194 g/mol. The second-order valence-electron chi connectivity index (χ2n) is 3.37. The van der Waals surface area contributed by atoms with E-state index < -0.39 is 0 Å². The zero-order valence-electron chi connectivity index (χ0n) is 8.12. The number of benzene rings is 1. The molecule has 0 fully saturated rings. The fourth-order valence-corrected chi connectivity index (χ4v) is 1.70. The highest BCUT2D eigenvalue weighted by molar-refractivity contribution is 5.60. The van der Waals surface area contributed by atoms with Crippen LogP contribution in [0.3, 0.4) is 0 Å². The summed E-state index contributed by atoms with van der Waals surface area (Å²) in [5.74, 6) is 1.45. The highest BCUT2D eigenvalue weighted by atomic mass is 16.5. The molecule has 1 aliphatic rings. The van der Waals surface area contributed by atoms with Crippen LogP contribution in [0.25, 0.3) is 0 Å². The zero-order valence-corrected chi connectivity index (χ0v) is 8.12. The van der Waals surface area contributed by atoms with Crippen LogP contribution in [0.5, 0.6) is 11.5 Å². The molecule has 1 aromatic carbocycles. The van der Waals surface area contributed by atoms with Gasteiger partial charge in [0.2, 0.25) is 0 Å². The lowest BCUT2D eigenvalue weighted by molar-refractivity contribution is 0.268. The van der Waals surface area contributed by atoms with E-state index in [4.69, 9.17) is 20.9 Å². The molecule has 0 saturated heterocycles. The largest absolute Gasteiger partial charge is 0.497 e. The van der Waals surface area contributed by atoms with Crippen LogP contribution in [0, 0.1) is 0 Å². The van der Waals surface area contributed by atoms with Gasteiger partial charge in [0.15, 0.2) is 0 Å². The van der Waals surface area contributed by atoms with Crippen LogP contribution in [0.1, 0.15) is 18.0 Å². The quantitative estimate of drug-likeness (QED) is 0.656. The number of nitrogen functional groups attached to an aromatic ring is 1. The van der Waals surface area contributed by atoms with Gasteiger partial charge in [-0.05, 0) is 0 Å². The summed E-state index contributed by atoms with van der Waals surface area (Å²) in [4.78, 5) is 0. The number of methoxy groups -OCH3 is 1. The van der Waals surface area contributed by atoms with E-state index in [9.17, 15) is 0 Å². The molecule has 0 spiro atoms. The first-order chi connectivity index (χ1) is 6.72. The summed E-state index contributed by atoms with van der Waals surface area (Å²) in [6.45, 7) is 0.640. The molecule has 1 aliphatic heterocycles. The lowest BCUT2D eigenvalue weighted by Crippen LogP contribution is -2.21. The minimum atomic E-state index is -0.0235. The van der Waals surface area contributed by atoms with Crippen molar-refractivity contribution in [1.82, 2.24) is 0 Å². The molecule has 0 aliphatic carbocycles. The van der Waals surface area contributed by atoms with Crippen molar-refractivity contribution in [3.05, 3.63) is 17.7 Å². The summed E-state index contributed by atoms with van der Waals surface area (Å²) in [5, 5.41) is 0. The van der Waals surface area contributed by atoms with E-state index in [0.29, 0.717) is 18.0 Å². The maximum atomic E-state index is 5.94. The van der Waals surface area contributed by atoms with Gasteiger partial charge in [-0.2, -0.15) is 0 Å². The minimum absolute atomic E-state index is 0.0235. The van der Waals surface area contributed by atoms with Crippen molar-refractivity contribution in [1.29, 1.82) is 0 Å². The number of nitrogens with two attached hydrogens (primary N) is 2. The monoisotopic (exact) mass is 194 g/mol. The van der Waals surface area contributed by atoms with Gasteiger partial charge in [-0.1, -0.05) is 0 Å². The van der Waals surface area contributed by atoms with Crippen LogP contribution in [-0.4, -0.2) is 13.7 Å². The predicted molar refractivity (Wildman–Crippen MR) is 54.4 cm³/mol. The number of rotatable bonds is 1. The highest BCUT2D eigenvalue weighted by Gasteiger charge is 2.21. The van der Waals surface area contributed by atoms with E-state index in [-0.39, 0.29) is 6.04 Å². The van der Waals surface area contributed by atoms with Crippen molar-refractivity contribution in [2.45, 2.75) is 12.5 Å². The molecule has 1 heterocycles. The van der Waals surface area contributed by atoms with Crippen LogP contribution in [0.4, 0.5) is 5.69 Å². The zero-order chi connectivity index (χ0) is 10.1. The molecule has 0 saturated carbocycles. The molecule has 0 aromatic heterocycles. The molecule has 2 rings (SSSR count). The van der Waals surface area contributed by atoms with Crippen LogP contribution in [0.2, 0.25) is 0 Å². The smallest absolute Gasteiger partial charge is 0.129 e. The molecule has 0 radical (unpaired) electrons. The van der Waals surface area contributed by atoms with Crippen LogP contribution in [0.15, 0.2) is 12.1 Å². The number of ether oxygens (including phenoxy) is 2. The van der Waals surface area contributed by atoms with Crippen molar-refractivity contribution < 1.29 is 9.47 Å². The standard InChI is InChI=1S/C10H14N2O2/c1-13-6-4-8(12)10-7(11)2-3-14-9(10)5-6/h4-5,7H,2-3,11-12H2,1H3/t7-/m1/s1. The Hall–Kier alpha value is -1.42. The van der Waals surface area contributed by atoms with Gasteiger partial charge < -0.3 is 20.9 Å². The Morgan fingerprint density at radius 3 is 3.00 bits per heavy atom. The molecule has 4 N–H and O–H groups in total. The second-order valence-corrected chi connectivity index (χ2v) is 3.37. The van der Waals surface area contributed by atoms with E-state index >= 15 is 0 Å². The van der Waals surface area contributed by atoms with Crippen molar-refractivity contribution in [2.24, 2.45) is 5.73 Å². The Kier molecular flexibility index (Phi) is 2.21. The molecule has 1 aromatic rings. The Morgan fingerprint density at radius 2 is 2.29 bits per heavy atom. The Morgan fingerprint density at radius 1 is 1.50 bits per heavy atom. The van der Waals surface area contributed by atoms with E-state index in [1.807, 2.05) is 6.07 Å². The third-order valence-corrected chi connectivity index (χ3v) is 2.44. The fraction of sp³-hybridized carbons (Fsp3) is 0.400. The molecule has 4 nitrogen and oxygen atoms in total. The number of hydrogen-bond donors (Lipinski definition) is 2. The van der Waals surface area contributed by atoms with E-state index in [1.165, 1.54) is 0 Å². The van der Waals surface area contributed by atoms with Crippen molar-refractivity contribution >= 4 is 5.69 Å². The molecular weight excluding hydrogens is 180 g/mol. The first-order valence-electron chi connectivity index (χ1n) is 4.58. The summed E-state index contributed by atoms with van der Waals surface area (Å²) < 4.78 is 10.6. The molecule has 76 valence electrons. The first-order valence-corrected chi connectivity index (χ1v) is 4.58. The molecule has 1 atom stereocenters. The van der Waals surface area contributed by atoms with Crippen molar-refractivity contribution in [3.8, 4) is 11.5 Å². The number of hydrogen-bond acceptors (Lipinski definition) is 4. The summed E-state index contributed by atoms with van der Waals surface area (Å²) in [6, 6.07) is 3.57. The van der Waals surface area contributed by atoms with Gasteiger partial charge in [-0.3, -0.25) is 0 Å². The molecule has 4 heteroatoms. The number of anilines is 1. The lowest BCUT2D eigenvalue weighted by atomic mass is 9.99. The third-order valence-electron chi connectivity index (χ3n) is 2.44. The predicted octanol–water partition coefficient (Wildman–Crippen LogP) is 1.06. The summed E-state index contributed by atoms with van der Waals surface area (Å²) in [7, 11) is 1.60. The summed E-state index contributed by atoms with van der Waals surface area (Å²) in [5.41, 5.74) is 13.4. The molecular formula is C10H14N2O2. The van der Waals surface area contributed by atoms with Gasteiger partial charge >= 0.3 is 0 Å². The maximum Gasteiger partial charge on any atom is 0.129 e. The Bertz CT molecular complexity index is 352. The van der Waals surface area contributed by atoms with E-state index in [2.05, 4.69) is 0 Å². The molecule has 0 amide bonds. The van der Waals surface area contributed by atoms with Gasteiger partial charge in [-0.25, -0.2) is 0 Å². The van der Waals surface area contributed by atoms with Gasteiger partial charge in [0, 0.05) is 35.8 Å². The average Bonchev–Trinajstić information content (AvgIpc) is 2.17. The van der Waals surface area contributed by atoms with Crippen molar-refractivity contribution in [3.63, 3.8) is 0 Å². The van der Waals surface area contributed by atoms with Crippen molar-refractivity contribution in [2.75, 3.05) is 19.5 Å². The molecule has 14 heavy (non-hydrogen) atoms. The van der Waals surface area contributed by atoms with Crippen LogP contribution in [-0.2, 0) is 0 Å². The third kappa shape index (κ3) is 1.37. The first kappa shape index (κ1) is 9.15. The fourth-order valence-electron chi connectivity index (χ4n) is 1.70. The maximum absolute atomic E-state index is 5.94. The van der Waals surface area contributed by atoms with Crippen LogP contribution >= 0.6 is 0 Å². The van der Waals surface area contributed by atoms with Crippen LogP contribution < -0.4 is 20.9 Å². The molecule has 0 unspecified atom stereocenters. The topological polar surface area (TPSA) is 70.5 Å². The van der Waals surface area contributed by atoms with Gasteiger partial charge in [0.05, 0.1) is 13.7 Å². The van der Waals surface area contributed by atoms with Gasteiger partial charge in [-0.15, -0.1) is 0 Å². The lowest BCUT2D eigenvalue weighted by Gasteiger charge is -2.24. The SMILES string of the molecule is COc1cc(N)c2c(c1)OCC[C@H]2N. The van der Waals surface area contributed by atoms with E-state index in [1.54, 1.807) is 13.2 Å². The normalized spacial score (nSPS) is 19.7.